The van der Waals surface area contributed by atoms with Gasteiger partial charge in [0.2, 0.25) is 0 Å². The molecule has 6 rings (SSSR count). The van der Waals surface area contributed by atoms with Crippen LogP contribution in [0.1, 0.15) is 115 Å². The number of rotatable bonds is 10. The molecule has 4 aromatic rings. The number of aromatic nitrogens is 2. The zero-order valence-electron chi connectivity index (χ0n) is 33.4. The second-order valence-corrected chi connectivity index (χ2v) is 15.0. The van der Waals surface area contributed by atoms with E-state index in [1.165, 1.54) is 0 Å². The molecule has 0 unspecified atom stereocenters. The Morgan fingerprint density at radius 3 is 2.02 bits per heavy atom. The molecule has 5 N–H and O–H groups in total. The summed E-state index contributed by atoms with van der Waals surface area (Å²) < 4.78 is 12.3. The first-order chi connectivity index (χ1) is 25.4. The Morgan fingerprint density at radius 2 is 1.50 bits per heavy atom. The maximum Gasteiger partial charge on any atom is 0.253 e. The fourth-order valence-electron chi connectivity index (χ4n) is 8.12. The largest absolute Gasteiger partial charge is 0.461 e. The molecule has 2 aliphatic heterocycles. The quantitative estimate of drug-likeness (QED) is 0.140. The number of H-pyrrole nitrogens is 2. The van der Waals surface area contributed by atoms with Crippen molar-refractivity contribution in [3.8, 4) is 0 Å². The molecule has 5 heterocycles. The van der Waals surface area contributed by atoms with Crippen LogP contribution in [-0.4, -0.2) is 65.7 Å². The highest BCUT2D eigenvalue weighted by atomic mass is 35.5. The molecule has 12 heteroatoms. The van der Waals surface area contributed by atoms with Gasteiger partial charge < -0.3 is 40.0 Å². The zero-order chi connectivity index (χ0) is 38.4. The van der Waals surface area contributed by atoms with Crippen LogP contribution in [0.2, 0.25) is 0 Å². The van der Waals surface area contributed by atoms with Crippen LogP contribution in [-0.2, 0) is 24.2 Å². The third-order valence-corrected chi connectivity index (χ3v) is 11.1. The monoisotopic (exact) mass is 764 g/mol. The number of pyridine rings is 2. The maximum atomic E-state index is 14.1. The Hall–Kier alpha value is -3.90. The zero-order valence-corrected chi connectivity index (χ0v) is 34.3. The predicted molar refractivity (Wildman–Crippen MR) is 221 cm³/mol. The summed E-state index contributed by atoms with van der Waals surface area (Å²) in [4.78, 5) is 48.5. The van der Waals surface area contributed by atoms with Crippen molar-refractivity contribution in [2.45, 2.75) is 119 Å². The minimum atomic E-state index is -0.164. The summed E-state index contributed by atoms with van der Waals surface area (Å²) in [6, 6.07) is 9.05. The third kappa shape index (κ3) is 9.66. The van der Waals surface area contributed by atoms with Gasteiger partial charge in [0.05, 0.1) is 5.56 Å². The van der Waals surface area contributed by atoms with Gasteiger partial charge in [0.25, 0.3) is 17.0 Å². The van der Waals surface area contributed by atoms with Crippen molar-refractivity contribution < 1.29 is 13.9 Å². The lowest BCUT2D eigenvalue weighted by Gasteiger charge is -2.37. The van der Waals surface area contributed by atoms with Gasteiger partial charge in [-0.05, 0) is 129 Å². The van der Waals surface area contributed by atoms with E-state index in [2.05, 4.69) is 64.9 Å². The Bertz CT molecular complexity index is 2000. The number of hydrogen-bond donors (Lipinski definition) is 4. The fourth-order valence-corrected chi connectivity index (χ4v) is 8.12. The first-order valence-corrected chi connectivity index (χ1v) is 19.4. The SMILES string of the molecule is CCc1c(N(CC)C2CCOCC2)cc2oc(C3CCN(C(C)C)CC3)cc2c1C(=O)NCc1c(C)cc(C)[nH]c1=O.Cc1cc(C)c(CN)c(=O)[nH]1.Cl. The fraction of sp³-hybridized carbons (Fsp3) is 0.548. The van der Waals surface area contributed by atoms with E-state index in [-0.39, 0.29) is 36.0 Å². The van der Waals surface area contributed by atoms with Gasteiger partial charge in [-0.1, -0.05) is 6.92 Å². The molecule has 54 heavy (non-hydrogen) atoms. The van der Waals surface area contributed by atoms with Gasteiger partial charge in [-0.15, -0.1) is 12.4 Å². The number of aromatic amines is 2. The number of amides is 1. The smallest absolute Gasteiger partial charge is 0.253 e. The van der Waals surface area contributed by atoms with Crippen molar-refractivity contribution in [2.75, 3.05) is 37.7 Å². The Balaban J connectivity index is 0.000000466. The Labute approximate surface area is 325 Å². The molecule has 2 aliphatic rings. The number of carbonyl (C=O) groups excluding carboxylic acids is 1. The Kier molecular flexibility index (Phi) is 15.2. The van der Waals surface area contributed by atoms with Gasteiger partial charge in [-0.3, -0.25) is 14.4 Å². The molecular formula is C42H61ClN6O5. The molecular weight excluding hydrogens is 704 g/mol. The lowest BCUT2D eigenvalue weighted by molar-refractivity contribution is 0.0845. The van der Waals surface area contributed by atoms with Gasteiger partial charge in [0.1, 0.15) is 11.3 Å². The van der Waals surface area contributed by atoms with E-state index in [1.807, 2.05) is 39.8 Å². The molecule has 0 spiro atoms. The van der Waals surface area contributed by atoms with Crippen LogP contribution < -0.4 is 27.1 Å². The number of hydrogen-bond acceptors (Lipinski definition) is 8. The minimum absolute atomic E-state index is 0. The van der Waals surface area contributed by atoms with E-state index < -0.39 is 0 Å². The highest BCUT2D eigenvalue weighted by Crippen LogP contribution is 2.39. The molecule has 0 aliphatic carbocycles. The minimum Gasteiger partial charge on any atom is -0.461 e. The van der Waals surface area contributed by atoms with Crippen LogP contribution in [0.25, 0.3) is 11.0 Å². The number of ether oxygens (including phenoxy) is 1. The summed E-state index contributed by atoms with van der Waals surface area (Å²) in [7, 11) is 0. The number of anilines is 1. The van der Waals surface area contributed by atoms with E-state index in [0.29, 0.717) is 47.7 Å². The van der Waals surface area contributed by atoms with E-state index in [4.69, 9.17) is 14.9 Å². The van der Waals surface area contributed by atoms with Crippen LogP contribution >= 0.6 is 12.4 Å². The summed E-state index contributed by atoms with van der Waals surface area (Å²) >= 11 is 0. The molecule has 3 aromatic heterocycles. The second kappa shape index (κ2) is 19.1. The molecule has 1 aromatic carbocycles. The maximum absolute atomic E-state index is 14.1. The van der Waals surface area contributed by atoms with Crippen molar-refractivity contribution in [3.63, 3.8) is 0 Å². The first kappa shape index (κ1) is 42.8. The predicted octanol–water partition coefficient (Wildman–Crippen LogP) is 6.70. The molecule has 2 fully saturated rings. The van der Waals surface area contributed by atoms with Crippen LogP contribution in [0.4, 0.5) is 5.69 Å². The van der Waals surface area contributed by atoms with Crippen molar-refractivity contribution >= 4 is 35.0 Å². The Morgan fingerprint density at radius 1 is 0.907 bits per heavy atom. The van der Waals surface area contributed by atoms with Gasteiger partial charge in [-0.25, -0.2) is 0 Å². The van der Waals surface area contributed by atoms with Gasteiger partial charge in [0.15, 0.2) is 0 Å². The topological polar surface area (TPSA) is 150 Å². The molecule has 0 atom stereocenters. The molecule has 0 saturated carbocycles. The number of benzene rings is 1. The number of fused-ring (bicyclic) bond motifs is 1. The average molecular weight is 765 g/mol. The molecule has 296 valence electrons. The number of halogens is 1. The van der Waals surface area contributed by atoms with Gasteiger partial charge in [0, 0.05) is 90.5 Å². The number of likely N-dealkylation sites (tertiary alicyclic amines) is 1. The standard InChI is InChI=1S/C34H48N4O4.C8H12N2O.ClH/c1-7-26-29(38(8-2)25-11-15-41-16-12-25)19-31-27(18-30(42-31)24-9-13-37(14-10-24)21(3)4)32(26)34(40)35-20-28-22(5)17-23(6)36-33(28)39;1-5-3-6(2)10-8(11)7(5)4-9;/h17-19,21,24-25H,7-16,20H2,1-6H3,(H,35,40)(H,36,39);3H,4,9H2,1-2H3,(H,10,11);1H. The van der Waals surface area contributed by atoms with Gasteiger partial charge >= 0.3 is 0 Å². The number of nitrogens with zero attached hydrogens (tertiary/aromatic N) is 2. The first-order valence-electron chi connectivity index (χ1n) is 19.4. The highest BCUT2D eigenvalue weighted by Gasteiger charge is 2.30. The van der Waals surface area contributed by atoms with Crippen molar-refractivity contribution in [2.24, 2.45) is 5.73 Å². The number of nitrogens with two attached hydrogens (primary N) is 1. The molecule has 0 bridgehead atoms. The number of carbonyl (C=O) groups is 1. The summed E-state index contributed by atoms with van der Waals surface area (Å²) in [5.41, 5.74) is 13.5. The third-order valence-electron chi connectivity index (χ3n) is 11.1. The van der Waals surface area contributed by atoms with Crippen molar-refractivity contribution in [3.05, 3.63) is 95.5 Å². The lowest BCUT2D eigenvalue weighted by atomic mass is 9.92. The van der Waals surface area contributed by atoms with Crippen molar-refractivity contribution in [1.29, 1.82) is 0 Å². The van der Waals surface area contributed by atoms with Gasteiger partial charge in [-0.2, -0.15) is 0 Å². The number of nitrogens with one attached hydrogen (secondary N) is 3. The van der Waals surface area contributed by atoms with Crippen LogP contribution in [0.5, 0.6) is 0 Å². The van der Waals surface area contributed by atoms with E-state index >= 15 is 0 Å². The summed E-state index contributed by atoms with van der Waals surface area (Å²) in [6.45, 7) is 21.3. The van der Waals surface area contributed by atoms with Crippen LogP contribution in [0.15, 0.2) is 38.3 Å². The normalized spacial score (nSPS) is 15.5. The molecule has 1 amide bonds. The molecule has 0 radical (unpaired) electrons. The van der Waals surface area contributed by atoms with Crippen molar-refractivity contribution in [1.82, 2.24) is 20.2 Å². The number of aryl methyl sites for hydroxylation is 4. The number of furan rings is 1. The van der Waals surface area contributed by atoms with E-state index in [1.54, 1.807) is 0 Å². The van der Waals surface area contributed by atoms with Crippen LogP contribution in [0, 0.1) is 27.7 Å². The van der Waals surface area contributed by atoms with E-state index in [0.717, 1.165) is 109 Å². The lowest BCUT2D eigenvalue weighted by Crippen LogP contribution is -2.40. The summed E-state index contributed by atoms with van der Waals surface area (Å²) in [5, 5.41) is 3.98. The summed E-state index contributed by atoms with van der Waals surface area (Å²) in [6.07, 6.45) is 4.73. The molecule has 2 saturated heterocycles. The van der Waals surface area contributed by atoms with E-state index in [9.17, 15) is 14.4 Å². The van der Waals surface area contributed by atoms with Crippen LogP contribution in [0.3, 0.4) is 0 Å². The highest BCUT2D eigenvalue weighted by molar-refractivity contribution is 6.09. The molecule has 11 nitrogen and oxygen atoms in total. The average Bonchev–Trinajstić information content (AvgIpc) is 3.55. The second-order valence-electron chi connectivity index (χ2n) is 15.0. The number of piperidine rings is 1. The summed E-state index contributed by atoms with van der Waals surface area (Å²) in [5.74, 6) is 1.15.